The van der Waals surface area contributed by atoms with Crippen molar-refractivity contribution in [2.24, 2.45) is 0 Å². The Hall–Kier alpha value is -3.38. The van der Waals surface area contributed by atoms with Crippen molar-refractivity contribution in [2.45, 2.75) is 39.2 Å². The maximum atomic E-state index is 13.4. The van der Waals surface area contributed by atoms with Gasteiger partial charge in [-0.3, -0.25) is 14.5 Å². The minimum absolute atomic E-state index is 0.0386. The van der Waals surface area contributed by atoms with Gasteiger partial charge in [0.1, 0.15) is 5.75 Å². The predicted molar refractivity (Wildman–Crippen MR) is 131 cm³/mol. The van der Waals surface area contributed by atoms with E-state index in [0.29, 0.717) is 22.9 Å². The molecular weight excluding hydrogens is 434 g/mol. The molecule has 3 aromatic rings. The molecule has 170 valence electrons. The van der Waals surface area contributed by atoms with Crippen LogP contribution in [0.25, 0.3) is 0 Å². The molecule has 6 heteroatoms. The van der Waals surface area contributed by atoms with Crippen LogP contribution in [0.4, 0.5) is 5.69 Å². The second-order valence-electron chi connectivity index (χ2n) is 8.95. The highest BCUT2D eigenvalue weighted by molar-refractivity contribution is 7.12. The van der Waals surface area contributed by atoms with Crippen molar-refractivity contribution in [1.29, 1.82) is 0 Å². The maximum absolute atomic E-state index is 13.4. The quantitative estimate of drug-likeness (QED) is 0.442. The molecule has 5 nitrogen and oxygen atoms in total. The van der Waals surface area contributed by atoms with E-state index in [-0.39, 0.29) is 16.8 Å². The Kier molecular flexibility index (Phi) is 6.13. The number of thiophene rings is 1. The van der Waals surface area contributed by atoms with Gasteiger partial charge >= 0.3 is 0 Å². The topological polar surface area (TPSA) is 66.8 Å². The van der Waals surface area contributed by atoms with Gasteiger partial charge in [-0.1, -0.05) is 57.2 Å². The van der Waals surface area contributed by atoms with Crippen LogP contribution in [0.1, 0.15) is 54.5 Å². The minimum Gasteiger partial charge on any atom is -0.503 e. The van der Waals surface area contributed by atoms with E-state index in [4.69, 9.17) is 4.74 Å². The first-order valence-electron chi connectivity index (χ1n) is 10.9. The summed E-state index contributed by atoms with van der Waals surface area (Å²) in [5, 5.41) is 12.7. The molecule has 0 radical (unpaired) electrons. The third-order valence-electron chi connectivity index (χ3n) is 5.70. The van der Waals surface area contributed by atoms with Crippen molar-refractivity contribution in [3.05, 3.63) is 93.4 Å². The lowest BCUT2D eigenvalue weighted by molar-refractivity contribution is -0.117. The van der Waals surface area contributed by atoms with Gasteiger partial charge in [0.25, 0.3) is 5.91 Å². The second kappa shape index (κ2) is 8.87. The standard InChI is InChI=1S/C27H27NO4S/c1-5-32-20-9-6-8-19(16-20)28-23(17-11-13-18(14-12-17)27(2,3)4)22(25(30)26(28)31)24(29)21-10-7-15-33-21/h6-16,23,30H,5H2,1-4H3. The predicted octanol–water partition coefficient (Wildman–Crippen LogP) is 6.23. The van der Waals surface area contributed by atoms with Crippen LogP contribution in [0.3, 0.4) is 0 Å². The van der Waals surface area contributed by atoms with Crippen LogP contribution in [-0.2, 0) is 10.2 Å². The molecule has 1 aliphatic rings. The molecular formula is C27H27NO4S. The van der Waals surface area contributed by atoms with Crippen molar-refractivity contribution in [2.75, 3.05) is 11.5 Å². The zero-order valence-corrected chi connectivity index (χ0v) is 20.0. The summed E-state index contributed by atoms with van der Waals surface area (Å²) in [4.78, 5) is 28.7. The van der Waals surface area contributed by atoms with Crippen molar-refractivity contribution in [3.63, 3.8) is 0 Å². The first kappa shape index (κ1) is 22.8. The number of Topliss-reactive ketones (excluding diaryl/α,β-unsaturated/α-hetero) is 1. The molecule has 0 saturated carbocycles. The fraction of sp³-hybridized carbons (Fsp3) is 0.259. The molecule has 1 amide bonds. The summed E-state index contributed by atoms with van der Waals surface area (Å²) >= 11 is 1.29. The van der Waals surface area contributed by atoms with Crippen LogP contribution in [0.2, 0.25) is 0 Å². The Morgan fingerprint density at radius 3 is 2.42 bits per heavy atom. The Balaban J connectivity index is 1.85. The first-order valence-corrected chi connectivity index (χ1v) is 11.8. The number of hydrogen-bond acceptors (Lipinski definition) is 5. The van der Waals surface area contributed by atoms with Crippen molar-refractivity contribution >= 4 is 28.7 Å². The van der Waals surface area contributed by atoms with E-state index in [1.54, 1.807) is 35.7 Å². The van der Waals surface area contributed by atoms with Gasteiger partial charge in [0.05, 0.1) is 23.1 Å². The van der Waals surface area contributed by atoms with E-state index in [1.807, 2.05) is 37.3 Å². The average Bonchev–Trinajstić information content (AvgIpc) is 3.41. The molecule has 2 heterocycles. The summed E-state index contributed by atoms with van der Waals surface area (Å²) in [7, 11) is 0. The fourth-order valence-electron chi connectivity index (χ4n) is 4.01. The van der Waals surface area contributed by atoms with E-state index in [9.17, 15) is 14.7 Å². The zero-order valence-electron chi connectivity index (χ0n) is 19.2. The van der Waals surface area contributed by atoms with Crippen LogP contribution in [0.5, 0.6) is 5.75 Å². The van der Waals surface area contributed by atoms with Gasteiger partial charge in [0.15, 0.2) is 5.76 Å². The van der Waals surface area contributed by atoms with E-state index in [2.05, 4.69) is 20.8 Å². The number of benzene rings is 2. The van der Waals surface area contributed by atoms with Gasteiger partial charge in [-0.2, -0.15) is 0 Å². The number of amides is 1. The molecule has 4 rings (SSSR count). The second-order valence-corrected chi connectivity index (χ2v) is 9.90. The number of anilines is 1. The van der Waals surface area contributed by atoms with Gasteiger partial charge in [0, 0.05) is 11.8 Å². The monoisotopic (exact) mass is 461 g/mol. The van der Waals surface area contributed by atoms with Crippen LogP contribution >= 0.6 is 11.3 Å². The Morgan fingerprint density at radius 2 is 1.82 bits per heavy atom. The SMILES string of the molecule is CCOc1cccc(N2C(=O)C(O)=C(C(=O)c3cccs3)C2c2ccc(C(C)(C)C)cc2)c1. The van der Waals surface area contributed by atoms with Crippen LogP contribution in [0.15, 0.2) is 77.4 Å². The Bertz CT molecular complexity index is 1200. The molecule has 0 spiro atoms. The molecule has 1 aromatic heterocycles. The molecule has 2 aromatic carbocycles. The normalized spacial score (nSPS) is 16.4. The molecule has 0 aliphatic carbocycles. The summed E-state index contributed by atoms with van der Waals surface area (Å²) in [6.45, 7) is 8.76. The summed E-state index contributed by atoms with van der Waals surface area (Å²) in [5.74, 6) is -0.847. The number of ketones is 1. The number of aliphatic hydroxyl groups is 1. The number of carbonyl (C=O) groups is 2. The lowest BCUT2D eigenvalue weighted by Gasteiger charge is -2.28. The Labute approximate surface area is 197 Å². The van der Waals surface area contributed by atoms with Gasteiger partial charge in [-0.05, 0) is 47.0 Å². The largest absolute Gasteiger partial charge is 0.503 e. The number of carbonyl (C=O) groups excluding carboxylic acids is 2. The Morgan fingerprint density at radius 1 is 1.09 bits per heavy atom. The van der Waals surface area contributed by atoms with E-state index in [0.717, 1.165) is 11.1 Å². The lowest BCUT2D eigenvalue weighted by Crippen LogP contribution is -2.31. The number of aliphatic hydroxyl groups excluding tert-OH is 1. The summed E-state index contributed by atoms with van der Waals surface area (Å²) < 4.78 is 5.62. The number of hydrogen-bond donors (Lipinski definition) is 1. The smallest absolute Gasteiger partial charge is 0.294 e. The van der Waals surface area contributed by atoms with Crippen molar-refractivity contribution in [3.8, 4) is 5.75 Å². The molecule has 0 fully saturated rings. The van der Waals surface area contributed by atoms with Gasteiger partial charge in [0.2, 0.25) is 5.78 Å². The van der Waals surface area contributed by atoms with E-state index in [1.165, 1.54) is 16.2 Å². The lowest BCUT2D eigenvalue weighted by atomic mass is 9.85. The minimum atomic E-state index is -0.752. The van der Waals surface area contributed by atoms with Crippen molar-refractivity contribution in [1.82, 2.24) is 0 Å². The zero-order chi connectivity index (χ0) is 23.8. The molecule has 1 aliphatic heterocycles. The molecule has 1 N–H and O–H groups in total. The summed E-state index contributed by atoms with van der Waals surface area (Å²) in [6, 6.07) is 17.8. The highest BCUT2D eigenvalue weighted by atomic mass is 32.1. The van der Waals surface area contributed by atoms with Gasteiger partial charge in [-0.25, -0.2) is 0 Å². The first-order chi connectivity index (χ1) is 15.7. The van der Waals surface area contributed by atoms with Crippen LogP contribution in [0, 0.1) is 0 Å². The summed E-state index contributed by atoms with van der Waals surface area (Å²) in [5.41, 5.74) is 2.49. The molecule has 33 heavy (non-hydrogen) atoms. The number of nitrogens with zero attached hydrogens (tertiary/aromatic N) is 1. The average molecular weight is 462 g/mol. The molecule has 1 unspecified atom stereocenters. The number of ether oxygens (including phenoxy) is 1. The van der Waals surface area contributed by atoms with Gasteiger partial charge in [-0.15, -0.1) is 11.3 Å². The van der Waals surface area contributed by atoms with Gasteiger partial charge < -0.3 is 9.84 Å². The van der Waals surface area contributed by atoms with E-state index < -0.39 is 17.7 Å². The third-order valence-corrected chi connectivity index (χ3v) is 6.57. The maximum Gasteiger partial charge on any atom is 0.294 e. The van der Waals surface area contributed by atoms with E-state index >= 15 is 0 Å². The highest BCUT2D eigenvalue weighted by Crippen LogP contribution is 2.43. The number of rotatable bonds is 6. The highest BCUT2D eigenvalue weighted by Gasteiger charge is 2.45. The van der Waals surface area contributed by atoms with Crippen LogP contribution < -0.4 is 9.64 Å². The molecule has 0 saturated heterocycles. The summed E-state index contributed by atoms with van der Waals surface area (Å²) in [6.07, 6.45) is 0. The fourth-order valence-corrected chi connectivity index (χ4v) is 4.69. The van der Waals surface area contributed by atoms with Crippen molar-refractivity contribution < 1.29 is 19.4 Å². The third kappa shape index (κ3) is 4.31. The van der Waals surface area contributed by atoms with Crippen LogP contribution in [-0.4, -0.2) is 23.4 Å². The molecule has 0 bridgehead atoms. The molecule has 1 atom stereocenters.